The summed E-state index contributed by atoms with van der Waals surface area (Å²) in [6, 6.07) is 9.58. The summed E-state index contributed by atoms with van der Waals surface area (Å²) >= 11 is 1.09. The normalized spacial score (nSPS) is 13.6. The van der Waals surface area contributed by atoms with Crippen molar-refractivity contribution < 1.29 is 28.3 Å². The van der Waals surface area contributed by atoms with Gasteiger partial charge in [0.1, 0.15) is 18.5 Å². The number of thiazole rings is 1. The van der Waals surface area contributed by atoms with Crippen LogP contribution in [-0.2, 0) is 20.9 Å². The summed E-state index contributed by atoms with van der Waals surface area (Å²) < 4.78 is 19.5. The first-order chi connectivity index (χ1) is 16.2. The summed E-state index contributed by atoms with van der Waals surface area (Å²) in [4.78, 5) is 56.4. The number of ether oxygens (including phenoxy) is 1. The molecule has 0 bridgehead atoms. The quantitative estimate of drug-likeness (QED) is 0.390. The Morgan fingerprint density at radius 3 is 2.56 bits per heavy atom. The van der Waals surface area contributed by atoms with Crippen molar-refractivity contribution >= 4 is 45.8 Å². The van der Waals surface area contributed by atoms with Gasteiger partial charge in [0.05, 0.1) is 22.5 Å². The molecular weight excluding hydrogens is 461 g/mol. The van der Waals surface area contributed by atoms with Crippen LogP contribution in [0.5, 0.6) is 0 Å². The van der Waals surface area contributed by atoms with Gasteiger partial charge in [0, 0.05) is 12.3 Å². The van der Waals surface area contributed by atoms with Gasteiger partial charge in [0.2, 0.25) is 5.91 Å². The number of hydrogen-bond donors (Lipinski definition) is 0. The largest absolute Gasteiger partial charge is 0.458 e. The van der Waals surface area contributed by atoms with Crippen LogP contribution in [0, 0.1) is 12.7 Å². The fraction of sp³-hybridized carbons (Fsp3) is 0.208. The van der Waals surface area contributed by atoms with Crippen LogP contribution in [0.25, 0.3) is 0 Å². The van der Waals surface area contributed by atoms with E-state index in [0.717, 1.165) is 26.7 Å². The molecule has 0 N–H and O–H groups in total. The molecule has 0 radical (unpaired) electrons. The first kappa shape index (κ1) is 23.2. The SMILES string of the molecule is CC(=O)N(c1nc(COC(=O)C(C)N2C(=O)c3ccc(C)cc3C2=O)cs1)c1ccccc1F. The number of carbonyl (C=O) groups excluding carboxylic acids is 4. The Bertz CT molecular complexity index is 1320. The summed E-state index contributed by atoms with van der Waals surface area (Å²) in [6.45, 7) is 4.27. The summed E-state index contributed by atoms with van der Waals surface area (Å²) in [5, 5.41) is 1.79. The smallest absolute Gasteiger partial charge is 0.329 e. The fourth-order valence-electron chi connectivity index (χ4n) is 3.60. The molecular formula is C24H20FN3O5S. The Labute approximate surface area is 198 Å². The molecule has 1 aliphatic rings. The number of anilines is 2. The van der Waals surface area contributed by atoms with Gasteiger partial charge in [-0.25, -0.2) is 14.2 Å². The monoisotopic (exact) mass is 481 g/mol. The van der Waals surface area contributed by atoms with E-state index in [1.165, 1.54) is 32.0 Å². The standard InChI is InChI=1S/C24H20FN3O5S/c1-13-8-9-17-18(10-13)22(31)27(21(17)30)14(2)23(32)33-11-16-12-34-24(26-16)28(15(3)29)20-7-5-4-6-19(20)25/h4-10,12,14H,11H2,1-3H3. The van der Waals surface area contributed by atoms with Crippen molar-refractivity contribution in [3.05, 3.63) is 76.0 Å². The average Bonchev–Trinajstić information content (AvgIpc) is 3.35. The molecule has 34 heavy (non-hydrogen) atoms. The van der Waals surface area contributed by atoms with Crippen molar-refractivity contribution in [1.82, 2.24) is 9.88 Å². The highest BCUT2D eigenvalue weighted by atomic mass is 32.1. The number of rotatable bonds is 6. The molecule has 3 aromatic rings. The van der Waals surface area contributed by atoms with Crippen LogP contribution >= 0.6 is 11.3 Å². The molecule has 3 amide bonds. The molecule has 2 heterocycles. The lowest BCUT2D eigenvalue weighted by Gasteiger charge is -2.20. The number of fused-ring (bicyclic) bond motifs is 1. The van der Waals surface area contributed by atoms with Gasteiger partial charge in [-0.1, -0.05) is 23.8 Å². The van der Waals surface area contributed by atoms with Crippen molar-refractivity contribution in [3.63, 3.8) is 0 Å². The molecule has 10 heteroatoms. The zero-order chi connectivity index (χ0) is 24.6. The van der Waals surface area contributed by atoms with E-state index in [9.17, 15) is 23.6 Å². The van der Waals surface area contributed by atoms with Gasteiger partial charge in [0.15, 0.2) is 5.13 Å². The van der Waals surface area contributed by atoms with Gasteiger partial charge in [-0.15, -0.1) is 11.3 Å². The van der Waals surface area contributed by atoms with Gasteiger partial charge >= 0.3 is 5.97 Å². The molecule has 1 unspecified atom stereocenters. The van der Waals surface area contributed by atoms with Gasteiger partial charge in [-0.2, -0.15) is 0 Å². The first-order valence-electron chi connectivity index (χ1n) is 10.3. The second-order valence-corrected chi connectivity index (χ2v) is 8.58. The highest BCUT2D eigenvalue weighted by Crippen LogP contribution is 2.31. The molecule has 2 aromatic carbocycles. The van der Waals surface area contributed by atoms with E-state index in [-0.39, 0.29) is 28.6 Å². The maximum atomic E-state index is 14.2. The molecule has 1 atom stereocenters. The van der Waals surface area contributed by atoms with Crippen molar-refractivity contribution in [1.29, 1.82) is 0 Å². The van der Waals surface area contributed by atoms with Gasteiger partial charge < -0.3 is 4.74 Å². The zero-order valence-corrected chi connectivity index (χ0v) is 19.4. The van der Waals surface area contributed by atoms with E-state index in [1.807, 2.05) is 0 Å². The number of carbonyl (C=O) groups is 4. The predicted molar refractivity (Wildman–Crippen MR) is 122 cm³/mol. The van der Waals surface area contributed by atoms with E-state index in [1.54, 1.807) is 36.6 Å². The van der Waals surface area contributed by atoms with Crippen molar-refractivity contribution in [2.75, 3.05) is 4.90 Å². The number of hydrogen-bond acceptors (Lipinski definition) is 7. The number of aromatic nitrogens is 1. The van der Waals surface area contributed by atoms with Crippen LogP contribution in [0.2, 0.25) is 0 Å². The topological polar surface area (TPSA) is 96.9 Å². The van der Waals surface area contributed by atoms with Crippen LogP contribution < -0.4 is 4.90 Å². The number of esters is 1. The minimum absolute atomic E-state index is 0.0578. The predicted octanol–water partition coefficient (Wildman–Crippen LogP) is 4.00. The number of benzene rings is 2. The van der Waals surface area contributed by atoms with Crippen molar-refractivity contribution in [2.24, 2.45) is 0 Å². The van der Waals surface area contributed by atoms with Crippen LogP contribution in [0.4, 0.5) is 15.2 Å². The van der Waals surface area contributed by atoms with Gasteiger partial charge in [0.25, 0.3) is 11.8 Å². The summed E-state index contributed by atoms with van der Waals surface area (Å²) in [6.07, 6.45) is 0. The molecule has 8 nitrogen and oxygen atoms in total. The molecule has 0 saturated heterocycles. The second-order valence-electron chi connectivity index (χ2n) is 7.74. The molecule has 174 valence electrons. The third-order valence-electron chi connectivity index (χ3n) is 5.30. The van der Waals surface area contributed by atoms with Gasteiger partial charge in [-0.05, 0) is 38.1 Å². The lowest BCUT2D eigenvalue weighted by atomic mass is 10.1. The van der Waals surface area contributed by atoms with E-state index in [4.69, 9.17) is 4.74 Å². The molecule has 0 spiro atoms. The Balaban J connectivity index is 1.45. The molecule has 0 aliphatic carbocycles. The third-order valence-corrected chi connectivity index (χ3v) is 6.18. The van der Waals surface area contributed by atoms with Crippen LogP contribution in [-0.4, -0.2) is 39.6 Å². The van der Waals surface area contributed by atoms with Crippen LogP contribution in [0.15, 0.2) is 47.8 Å². The van der Waals surface area contributed by atoms with Crippen LogP contribution in [0.1, 0.15) is 45.8 Å². The maximum Gasteiger partial charge on any atom is 0.329 e. The molecule has 1 aromatic heterocycles. The summed E-state index contributed by atoms with van der Waals surface area (Å²) in [7, 11) is 0. The summed E-state index contributed by atoms with van der Waals surface area (Å²) in [5.41, 5.74) is 1.72. The Kier molecular flexibility index (Phi) is 6.25. The van der Waals surface area contributed by atoms with Crippen molar-refractivity contribution in [2.45, 2.75) is 33.4 Å². The molecule has 0 fully saturated rings. The molecule has 0 saturated carbocycles. The molecule has 1 aliphatic heterocycles. The Hall–Kier alpha value is -3.92. The number of para-hydroxylation sites is 1. The number of imide groups is 1. The van der Waals surface area contributed by atoms with E-state index in [0.29, 0.717) is 5.69 Å². The lowest BCUT2D eigenvalue weighted by Crippen LogP contribution is -2.43. The third kappa shape index (κ3) is 4.19. The minimum Gasteiger partial charge on any atom is -0.458 e. The fourth-order valence-corrected chi connectivity index (χ4v) is 4.47. The second kappa shape index (κ2) is 9.14. The Morgan fingerprint density at radius 1 is 1.15 bits per heavy atom. The highest BCUT2D eigenvalue weighted by Gasteiger charge is 2.41. The van der Waals surface area contributed by atoms with E-state index in [2.05, 4.69) is 4.98 Å². The molecule has 4 rings (SSSR count). The van der Waals surface area contributed by atoms with Gasteiger partial charge in [-0.3, -0.25) is 24.2 Å². The van der Waals surface area contributed by atoms with Crippen LogP contribution in [0.3, 0.4) is 0 Å². The first-order valence-corrected chi connectivity index (χ1v) is 11.2. The lowest BCUT2D eigenvalue weighted by molar-refractivity contribution is -0.149. The average molecular weight is 482 g/mol. The van der Waals surface area contributed by atoms with E-state index < -0.39 is 35.5 Å². The maximum absolute atomic E-state index is 14.2. The van der Waals surface area contributed by atoms with E-state index >= 15 is 0 Å². The number of amides is 3. The number of aryl methyl sites for hydroxylation is 1. The van der Waals surface area contributed by atoms with Crippen molar-refractivity contribution in [3.8, 4) is 0 Å². The number of nitrogens with zero attached hydrogens (tertiary/aromatic N) is 3. The highest BCUT2D eigenvalue weighted by molar-refractivity contribution is 7.14. The zero-order valence-electron chi connectivity index (χ0n) is 18.6. The number of halogens is 1. The minimum atomic E-state index is -1.14. The Morgan fingerprint density at radius 2 is 1.85 bits per heavy atom. The summed E-state index contributed by atoms with van der Waals surface area (Å²) in [5.74, 6) is -2.89.